The van der Waals surface area contributed by atoms with E-state index in [2.05, 4.69) is 4.74 Å². The largest absolute Gasteiger partial charge is 0.505 e. The topological polar surface area (TPSA) is 77.8 Å². The lowest BCUT2D eigenvalue weighted by molar-refractivity contribution is 0.0532. The molecule has 0 unspecified atom stereocenters. The normalized spacial score (nSPS) is 11.3. The Morgan fingerprint density at radius 2 is 1.95 bits per heavy atom. The van der Waals surface area contributed by atoms with Gasteiger partial charge in [-0.15, -0.1) is 0 Å². The highest BCUT2D eigenvalue weighted by atomic mass is 16.6. The zero-order chi connectivity index (χ0) is 16.2. The molecule has 0 amide bonds. The van der Waals surface area contributed by atoms with Gasteiger partial charge >= 0.3 is 12.1 Å². The number of aromatic hydroxyl groups is 1. The van der Waals surface area contributed by atoms with Crippen LogP contribution in [0, 0.1) is 0 Å². The van der Waals surface area contributed by atoms with Crippen LogP contribution in [0.5, 0.6) is 5.75 Å². The van der Waals surface area contributed by atoms with Crippen molar-refractivity contribution in [3.63, 3.8) is 0 Å². The van der Waals surface area contributed by atoms with Gasteiger partial charge in [-0.1, -0.05) is 13.3 Å². The minimum Gasteiger partial charge on any atom is -0.505 e. The Morgan fingerprint density at radius 3 is 2.43 bits per heavy atom. The average Bonchev–Trinajstić information content (AvgIpc) is 2.71. The minimum absolute atomic E-state index is 0.0329. The van der Waals surface area contributed by atoms with Gasteiger partial charge in [-0.2, -0.15) is 0 Å². The molecule has 0 aliphatic rings. The molecule has 0 atom stereocenters. The summed E-state index contributed by atoms with van der Waals surface area (Å²) in [5.41, 5.74) is -0.328. The van der Waals surface area contributed by atoms with E-state index in [9.17, 15) is 14.7 Å². The van der Waals surface area contributed by atoms with E-state index in [1.807, 2.05) is 6.92 Å². The predicted octanol–water partition coefficient (Wildman–Crippen LogP) is 3.11. The molecule has 118 valence electrons. The summed E-state index contributed by atoms with van der Waals surface area (Å²) in [6.45, 7) is 7.25. The van der Waals surface area contributed by atoms with Crippen molar-refractivity contribution in [3.8, 4) is 5.75 Å². The maximum absolute atomic E-state index is 12.2. The lowest BCUT2D eigenvalue weighted by atomic mass is 10.1. The van der Waals surface area contributed by atoms with E-state index in [0.717, 1.165) is 12.8 Å². The molecule has 0 aromatic carbocycles. The van der Waals surface area contributed by atoms with Crippen LogP contribution >= 0.6 is 0 Å². The quantitative estimate of drug-likeness (QED) is 0.864. The van der Waals surface area contributed by atoms with E-state index in [1.165, 1.54) is 17.9 Å². The van der Waals surface area contributed by atoms with Crippen molar-refractivity contribution >= 4 is 12.1 Å². The van der Waals surface area contributed by atoms with Gasteiger partial charge in [0.2, 0.25) is 0 Å². The number of unbranched alkanes of at least 4 members (excludes halogenated alkanes) is 1. The Balaban J connectivity index is 3.22. The first-order chi connectivity index (χ1) is 9.71. The predicted molar refractivity (Wildman–Crippen MR) is 77.7 cm³/mol. The van der Waals surface area contributed by atoms with Gasteiger partial charge in [0.05, 0.1) is 12.8 Å². The fourth-order valence-electron chi connectivity index (χ4n) is 1.85. The summed E-state index contributed by atoms with van der Waals surface area (Å²) in [7, 11) is 1.22. The summed E-state index contributed by atoms with van der Waals surface area (Å²) in [5.74, 6) is -0.909. The third-order valence-electron chi connectivity index (χ3n) is 2.84. The second-order valence-electron chi connectivity index (χ2n) is 5.78. The number of methoxy groups -OCH3 is 1. The van der Waals surface area contributed by atoms with Crippen LogP contribution < -0.4 is 0 Å². The second-order valence-corrected chi connectivity index (χ2v) is 5.78. The summed E-state index contributed by atoms with van der Waals surface area (Å²) in [6, 6.07) is 0. The third kappa shape index (κ3) is 4.24. The Hall–Kier alpha value is -1.98. The number of ether oxygens (including phenoxy) is 2. The molecule has 0 radical (unpaired) electrons. The highest BCUT2D eigenvalue weighted by Crippen LogP contribution is 2.28. The van der Waals surface area contributed by atoms with Crippen molar-refractivity contribution in [1.82, 2.24) is 4.57 Å². The first-order valence-electron chi connectivity index (χ1n) is 6.96. The van der Waals surface area contributed by atoms with E-state index < -0.39 is 17.7 Å². The van der Waals surface area contributed by atoms with Gasteiger partial charge in [-0.25, -0.2) is 9.59 Å². The van der Waals surface area contributed by atoms with Crippen LogP contribution in [0.1, 0.15) is 56.6 Å². The summed E-state index contributed by atoms with van der Waals surface area (Å²) in [4.78, 5) is 23.8. The fourth-order valence-corrected chi connectivity index (χ4v) is 1.85. The van der Waals surface area contributed by atoms with Gasteiger partial charge in [0.15, 0.2) is 5.75 Å². The highest BCUT2D eigenvalue weighted by Gasteiger charge is 2.26. The molecule has 6 heteroatoms. The Bertz CT molecular complexity index is 525. The average molecular weight is 297 g/mol. The maximum atomic E-state index is 12.2. The lowest BCUT2D eigenvalue weighted by Crippen LogP contribution is -2.27. The number of carbonyl (C=O) groups excluding carboxylic acids is 2. The van der Waals surface area contributed by atoms with Crippen molar-refractivity contribution in [3.05, 3.63) is 17.5 Å². The smallest absolute Gasteiger partial charge is 0.418 e. The molecule has 0 aliphatic carbocycles. The molecule has 0 saturated heterocycles. The zero-order valence-corrected chi connectivity index (χ0v) is 13.2. The number of hydrogen-bond donors (Lipinski definition) is 1. The van der Waals surface area contributed by atoms with Gasteiger partial charge in [-0.05, 0) is 33.6 Å². The number of carbonyl (C=O) groups is 2. The molecule has 0 bridgehead atoms. The second kappa shape index (κ2) is 6.65. The fraction of sp³-hybridized carbons (Fsp3) is 0.600. The SMILES string of the molecule is CCCCc1c(O)c(C(=O)OC)cn1C(=O)OC(C)(C)C. The maximum Gasteiger partial charge on any atom is 0.418 e. The molecular weight excluding hydrogens is 274 g/mol. The van der Waals surface area contributed by atoms with E-state index >= 15 is 0 Å². The van der Waals surface area contributed by atoms with Crippen molar-refractivity contribution in [1.29, 1.82) is 0 Å². The molecular formula is C15H23NO5. The molecule has 0 saturated carbocycles. The van der Waals surface area contributed by atoms with Crippen LogP contribution in [0.3, 0.4) is 0 Å². The van der Waals surface area contributed by atoms with Crippen molar-refractivity contribution < 1.29 is 24.2 Å². The summed E-state index contributed by atoms with van der Waals surface area (Å²) >= 11 is 0. The van der Waals surface area contributed by atoms with E-state index in [0.29, 0.717) is 12.1 Å². The van der Waals surface area contributed by atoms with E-state index in [4.69, 9.17) is 4.74 Å². The number of rotatable bonds is 4. The monoisotopic (exact) mass is 297 g/mol. The molecule has 1 rings (SSSR count). The minimum atomic E-state index is -0.687. The van der Waals surface area contributed by atoms with Gasteiger partial charge in [0.25, 0.3) is 0 Å². The van der Waals surface area contributed by atoms with Crippen LogP contribution in [0.25, 0.3) is 0 Å². The van der Waals surface area contributed by atoms with Crippen LogP contribution in [0.2, 0.25) is 0 Å². The number of hydrogen-bond acceptors (Lipinski definition) is 5. The standard InChI is InChI=1S/C15H23NO5/c1-6-7-8-11-12(17)10(13(18)20-5)9-16(11)14(19)21-15(2,3)4/h9,17H,6-8H2,1-5H3. The first kappa shape index (κ1) is 17.1. The molecule has 0 spiro atoms. The molecule has 0 aliphatic heterocycles. The molecule has 6 nitrogen and oxygen atoms in total. The number of aromatic nitrogens is 1. The lowest BCUT2D eigenvalue weighted by Gasteiger charge is -2.20. The highest BCUT2D eigenvalue weighted by molar-refractivity contribution is 5.94. The summed E-state index contributed by atoms with van der Waals surface area (Å²) < 4.78 is 11.1. The van der Waals surface area contributed by atoms with Gasteiger partial charge < -0.3 is 14.6 Å². The molecule has 0 fully saturated rings. The van der Waals surface area contributed by atoms with Crippen molar-refractivity contribution in [2.24, 2.45) is 0 Å². The molecule has 21 heavy (non-hydrogen) atoms. The van der Waals surface area contributed by atoms with Crippen LogP contribution in [0.4, 0.5) is 4.79 Å². The molecule has 1 N–H and O–H groups in total. The van der Waals surface area contributed by atoms with Gasteiger partial charge in [-0.3, -0.25) is 4.57 Å². The summed E-state index contributed by atoms with van der Waals surface area (Å²) in [6.07, 6.45) is 2.78. The van der Waals surface area contributed by atoms with Crippen LogP contribution in [0.15, 0.2) is 6.20 Å². The van der Waals surface area contributed by atoms with E-state index in [1.54, 1.807) is 20.8 Å². The third-order valence-corrected chi connectivity index (χ3v) is 2.84. The first-order valence-corrected chi connectivity index (χ1v) is 6.96. The zero-order valence-electron chi connectivity index (χ0n) is 13.2. The van der Waals surface area contributed by atoms with E-state index in [-0.39, 0.29) is 11.3 Å². The Kier molecular flexibility index (Phi) is 5.41. The Morgan fingerprint density at radius 1 is 1.33 bits per heavy atom. The summed E-state index contributed by atoms with van der Waals surface area (Å²) in [5, 5.41) is 10.2. The number of esters is 1. The molecule has 1 heterocycles. The van der Waals surface area contributed by atoms with Crippen LogP contribution in [-0.4, -0.2) is 34.4 Å². The van der Waals surface area contributed by atoms with Gasteiger partial charge in [0.1, 0.15) is 11.2 Å². The number of nitrogens with zero attached hydrogens (tertiary/aromatic N) is 1. The van der Waals surface area contributed by atoms with Crippen molar-refractivity contribution in [2.45, 2.75) is 52.6 Å². The molecule has 1 aromatic rings. The Labute approximate surface area is 124 Å². The molecule has 1 aromatic heterocycles. The van der Waals surface area contributed by atoms with Crippen molar-refractivity contribution in [2.75, 3.05) is 7.11 Å². The van der Waals surface area contributed by atoms with Crippen LogP contribution in [-0.2, 0) is 15.9 Å². The van der Waals surface area contributed by atoms with Gasteiger partial charge in [0, 0.05) is 6.20 Å².